The standard InChI is InChI=1S/C13H15ClN2O4/c1-8(9-5-6-20-7-9)15-13(17)10-3-2-4-11(12(10)14)16(18)19/h2-4,8-9H,5-7H2,1H3,(H,15,17). The van der Waals surface area contributed by atoms with Crippen LogP contribution in [-0.4, -0.2) is 30.1 Å². The maximum atomic E-state index is 12.1. The third-order valence-electron chi connectivity index (χ3n) is 3.45. The molecular formula is C13H15ClN2O4. The van der Waals surface area contributed by atoms with Gasteiger partial charge in [-0.05, 0) is 19.4 Å². The van der Waals surface area contributed by atoms with E-state index in [1.165, 1.54) is 18.2 Å². The van der Waals surface area contributed by atoms with E-state index >= 15 is 0 Å². The topological polar surface area (TPSA) is 81.5 Å². The van der Waals surface area contributed by atoms with Crippen LogP contribution in [0.3, 0.4) is 0 Å². The number of nitrogens with one attached hydrogen (secondary N) is 1. The Bertz CT molecular complexity index is 529. The number of ether oxygens (including phenoxy) is 1. The molecule has 0 spiro atoms. The van der Waals surface area contributed by atoms with Gasteiger partial charge in [0.15, 0.2) is 0 Å². The number of nitro benzene ring substituents is 1. The number of halogens is 1. The highest BCUT2D eigenvalue weighted by Gasteiger charge is 2.26. The van der Waals surface area contributed by atoms with Crippen molar-refractivity contribution in [2.75, 3.05) is 13.2 Å². The molecule has 1 saturated heterocycles. The molecule has 1 aromatic carbocycles. The number of rotatable bonds is 4. The van der Waals surface area contributed by atoms with Crippen molar-refractivity contribution in [1.29, 1.82) is 0 Å². The average Bonchev–Trinajstić information content (AvgIpc) is 2.92. The summed E-state index contributed by atoms with van der Waals surface area (Å²) in [5.74, 6) is -0.144. The molecule has 1 amide bonds. The molecule has 7 heteroatoms. The van der Waals surface area contributed by atoms with Crippen LogP contribution in [0.15, 0.2) is 18.2 Å². The third kappa shape index (κ3) is 3.08. The number of nitrogens with zero attached hydrogens (tertiary/aromatic N) is 1. The van der Waals surface area contributed by atoms with Crippen molar-refractivity contribution in [3.05, 3.63) is 38.9 Å². The summed E-state index contributed by atoms with van der Waals surface area (Å²) >= 11 is 5.91. The van der Waals surface area contributed by atoms with E-state index in [1.807, 2.05) is 6.92 Å². The SMILES string of the molecule is CC(NC(=O)c1cccc([N+](=O)[O-])c1Cl)C1CCOC1. The largest absolute Gasteiger partial charge is 0.381 e. The normalized spacial score (nSPS) is 19.6. The summed E-state index contributed by atoms with van der Waals surface area (Å²) in [6.45, 7) is 3.20. The Morgan fingerprint density at radius 2 is 2.35 bits per heavy atom. The number of benzene rings is 1. The molecule has 1 N–H and O–H groups in total. The van der Waals surface area contributed by atoms with Crippen LogP contribution in [0.1, 0.15) is 23.7 Å². The van der Waals surface area contributed by atoms with E-state index in [1.54, 1.807) is 0 Å². The lowest BCUT2D eigenvalue weighted by molar-refractivity contribution is -0.384. The maximum Gasteiger partial charge on any atom is 0.288 e. The van der Waals surface area contributed by atoms with E-state index in [9.17, 15) is 14.9 Å². The van der Waals surface area contributed by atoms with E-state index in [2.05, 4.69) is 5.32 Å². The summed E-state index contributed by atoms with van der Waals surface area (Å²) in [6, 6.07) is 4.12. The molecular weight excluding hydrogens is 284 g/mol. The number of carbonyl (C=O) groups is 1. The molecule has 2 unspecified atom stereocenters. The van der Waals surface area contributed by atoms with Gasteiger partial charge >= 0.3 is 0 Å². The number of hydrogen-bond acceptors (Lipinski definition) is 4. The molecule has 1 aliphatic heterocycles. The Kier molecular flexibility index (Phi) is 4.57. The van der Waals surface area contributed by atoms with Crippen LogP contribution in [0, 0.1) is 16.0 Å². The summed E-state index contributed by atoms with van der Waals surface area (Å²) in [6.07, 6.45) is 0.893. The molecule has 0 aliphatic carbocycles. The number of hydrogen-bond donors (Lipinski definition) is 1. The van der Waals surface area contributed by atoms with Crippen LogP contribution >= 0.6 is 11.6 Å². The van der Waals surface area contributed by atoms with Crippen LogP contribution < -0.4 is 5.32 Å². The molecule has 1 aromatic rings. The third-order valence-corrected chi connectivity index (χ3v) is 3.85. The fourth-order valence-electron chi connectivity index (χ4n) is 2.19. The van der Waals surface area contributed by atoms with Gasteiger partial charge in [-0.25, -0.2) is 0 Å². The van der Waals surface area contributed by atoms with Gasteiger partial charge in [0.05, 0.1) is 17.1 Å². The Labute approximate surface area is 121 Å². The molecule has 2 rings (SSSR count). The molecule has 0 bridgehead atoms. The molecule has 2 atom stereocenters. The van der Waals surface area contributed by atoms with Crippen LogP contribution in [0.25, 0.3) is 0 Å². The van der Waals surface area contributed by atoms with Gasteiger partial charge in [-0.2, -0.15) is 0 Å². The second-order valence-corrected chi connectivity index (χ2v) is 5.16. The lowest BCUT2D eigenvalue weighted by Crippen LogP contribution is -2.38. The Balaban J connectivity index is 2.13. The van der Waals surface area contributed by atoms with Gasteiger partial charge in [0.25, 0.3) is 11.6 Å². The minimum atomic E-state index is -0.604. The lowest BCUT2D eigenvalue weighted by atomic mass is 10.0. The van der Waals surface area contributed by atoms with Crippen molar-refractivity contribution >= 4 is 23.2 Å². The van der Waals surface area contributed by atoms with E-state index in [4.69, 9.17) is 16.3 Å². The molecule has 1 fully saturated rings. The molecule has 0 radical (unpaired) electrons. The molecule has 20 heavy (non-hydrogen) atoms. The monoisotopic (exact) mass is 298 g/mol. The van der Waals surface area contributed by atoms with Crippen LogP contribution in [0.5, 0.6) is 0 Å². The van der Waals surface area contributed by atoms with Crippen molar-refractivity contribution in [3.8, 4) is 0 Å². The van der Waals surface area contributed by atoms with Crippen molar-refractivity contribution in [3.63, 3.8) is 0 Å². The van der Waals surface area contributed by atoms with E-state index < -0.39 is 10.8 Å². The fraction of sp³-hybridized carbons (Fsp3) is 0.462. The smallest absolute Gasteiger partial charge is 0.288 e. The van der Waals surface area contributed by atoms with Crippen LogP contribution in [0.2, 0.25) is 5.02 Å². The van der Waals surface area contributed by atoms with Gasteiger partial charge < -0.3 is 10.1 Å². The summed E-state index contributed by atoms with van der Waals surface area (Å²) in [4.78, 5) is 22.3. The van der Waals surface area contributed by atoms with Crippen molar-refractivity contribution in [2.45, 2.75) is 19.4 Å². The van der Waals surface area contributed by atoms with Gasteiger partial charge in [-0.15, -0.1) is 0 Å². The minimum Gasteiger partial charge on any atom is -0.381 e. The quantitative estimate of drug-likeness (QED) is 0.683. The van der Waals surface area contributed by atoms with Crippen molar-refractivity contribution in [1.82, 2.24) is 5.32 Å². The van der Waals surface area contributed by atoms with Crippen LogP contribution in [0.4, 0.5) is 5.69 Å². The average molecular weight is 299 g/mol. The second kappa shape index (κ2) is 6.19. The summed E-state index contributed by atoms with van der Waals surface area (Å²) < 4.78 is 5.27. The first kappa shape index (κ1) is 14.7. The van der Waals surface area contributed by atoms with E-state index in [-0.39, 0.29) is 28.2 Å². The Morgan fingerprint density at radius 3 is 2.95 bits per heavy atom. The Morgan fingerprint density at radius 1 is 1.60 bits per heavy atom. The summed E-state index contributed by atoms with van der Waals surface area (Å²) in [5, 5.41) is 13.5. The Hall–Kier alpha value is -1.66. The zero-order valence-corrected chi connectivity index (χ0v) is 11.7. The number of carbonyl (C=O) groups excluding carboxylic acids is 1. The van der Waals surface area contributed by atoms with Gasteiger partial charge in [0.1, 0.15) is 5.02 Å². The first-order chi connectivity index (χ1) is 9.50. The minimum absolute atomic E-state index is 0.0691. The fourth-order valence-corrected chi connectivity index (χ4v) is 2.47. The molecule has 1 aliphatic rings. The van der Waals surface area contributed by atoms with Gasteiger partial charge in [0, 0.05) is 24.6 Å². The number of amides is 1. The molecule has 6 nitrogen and oxygen atoms in total. The first-order valence-corrected chi connectivity index (χ1v) is 6.70. The predicted octanol–water partition coefficient (Wildman–Crippen LogP) is 2.40. The highest BCUT2D eigenvalue weighted by atomic mass is 35.5. The second-order valence-electron chi connectivity index (χ2n) is 4.78. The zero-order valence-electron chi connectivity index (χ0n) is 11.0. The van der Waals surface area contributed by atoms with Crippen molar-refractivity contribution in [2.24, 2.45) is 5.92 Å². The van der Waals surface area contributed by atoms with E-state index in [0.717, 1.165) is 6.42 Å². The van der Waals surface area contributed by atoms with Crippen LogP contribution in [-0.2, 0) is 4.74 Å². The van der Waals surface area contributed by atoms with Gasteiger partial charge in [-0.1, -0.05) is 17.7 Å². The molecule has 0 saturated carbocycles. The lowest BCUT2D eigenvalue weighted by Gasteiger charge is -2.19. The van der Waals surface area contributed by atoms with Gasteiger partial charge in [0.2, 0.25) is 0 Å². The highest BCUT2D eigenvalue weighted by molar-refractivity contribution is 6.35. The molecule has 1 heterocycles. The van der Waals surface area contributed by atoms with Crippen molar-refractivity contribution < 1.29 is 14.5 Å². The summed E-state index contributed by atoms with van der Waals surface area (Å²) in [5.41, 5.74) is -0.150. The number of nitro groups is 1. The highest BCUT2D eigenvalue weighted by Crippen LogP contribution is 2.28. The maximum absolute atomic E-state index is 12.1. The molecule has 0 aromatic heterocycles. The molecule has 108 valence electrons. The zero-order chi connectivity index (χ0) is 14.7. The van der Waals surface area contributed by atoms with Gasteiger partial charge in [-0.3, -0.25) is 14.9 Å². The summed E-state index contributed by atoms with van der Waals surface area (Å²) in [7, 11) is 0. The van der Waals surface area contributed by atoms with E-state index in [0.29, 0.717) is 13.2 Å². The first-order valence-electron chi connectivity index (χ1n) is 6.32. The predicted molar refractivity (Wildman–Crippen MR) is 74.0 cm³/mol.